The molecule has 8 nitrogen and oxygen atoms in total. The number of hydrogen-bond donors (Lipinski definition) is 1. The van der Waals surface area contributed by atoms with Gasteiger partial charge in [-0.25, -0.2) is 0 Å². The SMILES string of the molecule is O=C(NCCc1ccccc1)c1ccc([N+](=O)[O-])cc1[N+](=O)[O-]. The zero-order valence-electron chi connectivity index (χ0n) is 12.0. The molecule has 0 bridgehead atoms. The van der Waals surface area contributed by atoms with Crippen LogP contribution in [0.1, 0.15) is 15.9 Å². The van der Waals surface area contributed by atoms with Crippen LogP contribution in [0, 0.1) is 20.2 Å². The van der Waals surface area contributed by atoms with Crippen molar-refractivity contribution >= 4 is 17.3 Å². The van der Waals surface area contributed by atoms with Crippen molar-refractivity contribution in [2.45, 2.75) is 6.42 Å². The first-order valence-electron chi connectivity index (χ1n) is 6.74. The Morgan fingerprint density at radius 1 is 1.00 bits per heavy atom. The zero-order chi connectivity index (χ0) is 16.8. The average molecular weight is 315 g/mol. The lowest BCUT2D eigenvalue weighted by Gasteiger charge is -2.06. The molecule has 0 unspecified atom stereocenters. The molecule has 0 heterocycles. The highest BCUT2D eigenvalue weighted by molar-refractivity contribution is 5.98. The van der Waals surface area contributed by atoms with Crippen LogP contribution in [0.2, 0.25) is 0 Å². The van der Waals surface area contributed by atoms with Crippen molar-refractivity contribution in [3.8, 4) is 0 Å². The van der Waals surface area contributed by atoms with Gasteiger partial charge in [-0.3, -0.25) is 25.0 Å². The highest BCUT2D eigenvalue weighted by Gasteiger charge is 2.23. The summed E-state index contributed by atoms with van der Waals surface area (Å²) < 4.78 is 0. The number of nitro groups is 2. The van der Waals surface area contributed by atoms with Gasteiger partial charge in [0, 0.05) is 12.6 Å². The molecule has 0 spiro atoms. The minimum absolute atomic E-state index is 0.200. The summed E-state index contributed by atoms with van der Waals surface area (Å²) in [4.78, 5) is 32.2. The first kappa shape index (κ1) is 16.1. The van der Waals surface area contributed by atoms with E-state index >= 15 is 0 Å². The first-order chi connectivity index (χ1) is 11.0. The van der Waals surface area contributed by atoms with Crippen LogP contribution in [-0.2, 0) is 6.42 Å². The lowest BCUT2D eigenvalue weighted by molar-refractivity contribution is -0.394. The summed E-state index contributed by atoms with van der Waals surface area (Å²) in [6.07, 6.45) is 0.577. The molecule has 0 aliphatic heterocycles. The molecule has 1 amide bonds. The van der Waals surface area contributed by atoms with E-state index in [4.69, 9.17) is 0 Å². The molecule has 0 fully saturated rings. The molecule has 0 aliphatic rings. The maximum absolute atomic E-state index is 12.1. The van der Waals surface area contributed by atoms with Gasteiger partial charge < -0.3 is 5.32 Å². The monoisotopic (exact) mass is 315 g/mol. The quantitative estimate of drug-likeness (QED) is 0.649. The Balaban J connectivity index is 2.09. The second-order valence-electron chi connectivity index (χ2n) is 4.71. The second-order valence-corrected chi connectivity index (χ2v) is 4.71. The van der Waals surface area contributed by atoms with E-state index in [1.54, 1.807) is 0 Å². The molecule has 1 N–H and O–H groups in total. The van der Waals surface area contributed by atoms with Crippen molar-refractivity contribution in [1.82, 2.24) is 5.32 Å². The van der Waals surface area contributed by atoms with Crippen LogP contribution < -0.4 is 5.32 Å². The van der Waals surface area contributed by atoms with E-state index in [0.717, 1.165) is 23.8 Å². The van der Waals surface area contributed by atoms with Crippen LogP contribution in [0.25, 0.3) is 0 Å². The van der Waals surface area contributed by atoms with Gasteiger partial charge in [0.25, 0.3) is 17.3 Å². The normalized spacial score (nSPS) is 10.1. The van der Waals surface area contributed by atoms with Crippen LogP contribution in [0.15, 0.2) is 48.5 Å². The lowest BCUT2D eigenvalue weighted by Crippen LogP contribution is -2.26. The van der Waals surface area contributed by atoms with E-state index in [1.807, 2.05) is 30.3 Å². The Bertz CT molecular complexity index is 746. The van der Waals surface area contributed by atoms with Gasteiger partial charge in [-0.2, -0.15) is 0 Å². The van der Waals surface area contributed by atoms with Gasteiger partial charge in [-0.15, -0.1) is 0 Å². The topological polar surface area (TPSA) is 115 Å². The predicted molar refractivity (Wildman–Crippen MR) is 82.2 cm³/mol. The van der Waals surface area contributed by atoms with Gasteiger partial charge in [-0.05, 0) is 18.1 Å². The third-order valence-corrected chi connectivity index (χ3v) is 3.18. The number of carbonyl (C=O) groups is 1. The molecule has 0 saturated carbocycles. The van der Waals surface area contributed by atoms with Crippen LogP contribution in [0.3, 0.4) is 0 Å². The lowest BCUT2D eigenvalue weighted by atomic mass is 10.1. The van der Waals surface area contributed by atoms with Crippen molar-refractivity contribution in [2.75, 3.05) is 6.54 Å². The minimum Gasteiger partial charge on any atom is -0.351 e. The molecule has 118 valence electrons. The minimum atomic E-state index is -0.806. The number of benzene rings is 2. The molecule has 0 radical (unpaired) electrons. The van der Waals surface area contributed by atoms with Crippen molar-refractivity contribution in [3.05, 3.63) is 79.9 Å². The molecule has 2 aromatic rings. The largest absolute Gasteiger partial charge is 0.351 e. The summed E-state index contributed by atoms with van der Waals surface area (Å²) in [5, 5.41) is 24.2. The molecule has 0 atom stereocenters. The maximum atomic E-state index is 12.1. The summed E-state index contributed by atoms with van der Waals surface area (Å²) in [6, 6.07) is 12.4. The summed E-state index contributed by atoms with van der Waals surface area (Å²) in [5.41, 5.74) is -0.200. The second kappa shape index (κ2) is 7.12. The Morgan fingerprint density at radius 2 is 1.70 bits per heavy atom. The average Bonchev–Trinajstić information content (AvgIpc) is 2.55. The van der Waals surface area contributed by atoms with Gasteiger partial charge >= 0.3 is 0 Å². The van der Waals surface area contributed by atoms with Crippen molar-refractivity contribution in [3.63, 3.8) is 0 Å². The molecule has 2 rings (SSSR count). The van der Waals surface area contributed by atoms with Gasteiger partial charge in [0.1, 0.15) is 5.56 Å². The Kier molecular flexibility index (Phi) is 4.98. The zero-order valence-corrected chi connectivity index (χ0v) is 12.0. The fourth-order valence-electron chi connectivity index (χ4n) is 2.04. The number of carbonyl (C=O) groups excluding carboxylic acids is 1. The fraction of sp³-hybridized carbons (Fsp3) is 0.133. The number of hydrogen-bond acceptors (Lipinski definition) is 5. The van der Waals surface area contributed by atoms with E-state index in [2.05, 4.69) is 5.32 Å². The molecular formula is C15H13N3O5. The van der Waals surface area contributed by atoms with Crippen LogP contribution >= 0.6 is 0 Å². The Labute approximate surface area is 131 Å². The van der Waals surface area contributed by atoms with E-state index in [1.165, 1.54) is 0 Å². The highest BCUT2D eigenvalue weighted by atomic mass is 16.6. The maximum Gasteiger partial charge on any atom is 0.289 e. The molecule has 0 aromatic heterocycles. The molecule has 23 heavy (non-hydrogen) atoms. The number of nitrogens with one attached hydrogen (secondary N) is 1. The predicted octanol–water partition coefficient (Wildman–Crippen LogP) is 2.48. The molecule has 0 saturated heterocycles. The third-order valence-electron chi connectivity index (χ3n) is 3.18. The van der Waals surface area contributed by atoms with Gasteiger partial charge in [-0.1, -0.05) is 30.3 Å². The number of nitrogens with zero attached hydrogens (tertiary/aromatic N) is 2. The number of amides is 1. The van der Waals surface area contributed by atoms with E-state index < -0.39 is 27.1 Å². The molecular weight excluding hydrogens is 302 g/mol. The van der Waals surface area contributed by atoms with Gasteiger partial charge in [0.05, 0.1) is 15.9 Å². The summed E-state index contributed by atoms with van der Waals surface area (Å²) in [5.74, 6) is -0.637. The molecule has 0 aliphatic carbocycles. The summed E-state index contributed by atoms with van der Waals surface area (Å²) in [6.45, 7) is 0.303. The van der Waals surface area contributed by atoms with Crippen LogP contribution in [0.4, 0.5) is 11.4 Å². The van der Waals surface area contributed by atoms with Crippen LogP contribution in [-0.4, -0.2) is 22.3 Å². The van der Waals surface area contributed by atoms with Crippen molar-refractivity contribution in [2.24, 2.45) is 0 Å². The Hall–Kier alpha value is -3.29. The van der Waals surface area contributed by atoms with E-state index in [0.29, 0.717) is 13.0 Å². The smallest absolute Gasteiger partial charge is 0.289 e. The summed E-state index contributed by atoms with van der Waals surface area (Å²) >= 11 is 0. The first-order valence-corrected chi connectivity index (χ1v) is 6.74. The molecule has 2 aromatic carbocycles. The number of non-ortho nitro benzene ring substituents is 1. The highest BCUT2D eigenvalue weighted by Crippen LogP contribution is 2.24. The van der Waals surface area contributed by atoms with Crippen molar-refractivity contribution in [1.29, 1.82) is 0 Å². The number of rotatable bonds is 6. The third kappa shape index (κ3) is 4.10. The van der Waals surface area contributed by atoms with Gasteiger partial charge in [0.2, 0.25) is 0 Å². The van der Waals surface area contributed by atoms with Crippen molar-refractivity contribution < 1.29 is 14.6 Å². The molecule has 8 heteroatoms. The van der Waals surface area contributed by atoms with Crippen LogP contribution in [0.5, 0.6) is 0 Å². The Morgan fingerprint density at radius 3 is 2.30 bits per heavy atom. The standard InChI is InChI=1S/C15H13N3O5/c19-15(16-9-8-11-4-2-1-3-5-11)13-7-6-12(17(20)21)10-14(13)18(22)23/h1-7,10H,8-9H2,(H,16,19). The van der Waals surface area contributed by atoms with E-state index in [-0.39, 0.29) is 5.56 Å². The van der Waals surface area contributed by atoms with E-state index in [9.17, 15) is 25.0 Å². The number of nitro benzene ring substituents is 2. The summed E-state index contributed by atoms with van der Waals surface area (Å²) in [7, 11) is 0. The van der Waals surface area contributed by atoms with Gasteiger partial charge in [0.15, 0.2) is 0 Å². The fourth-order valence-corrected chi connectivity index (χ4v) is 2.04.